The highest BCUT2D eigenvalue weighted by Gasteiger charge is 2.39. The van der Waals surface area contributed by atoms with Gasteiger partial charge in [0.25, 0.3) is 5.91 Å². The smallest absolute Gasteiger partial charge is 0.315 e. The third kappa shape index (κ3) is 1.72. The third-order valence-corrected chi connectivity index (χ3v) is 2.20. The van der Waals surface area contributed by atoms with Gasteiger partial charge in [0.15, 0.2) is 0 Å². The van der Waals surface area contributed by atoms with Crippen molar-refractivity contribution in [2.24, 2.45) is 0 Å². The number of aliphatic hydroxyl groups is 1. The molecule has 0 bridgehead atoms. The summed E-state index contributed by atoms with van der Waals surface area (Å²) >= 11 is 0. The Bertz CT molecular complexity index is 175. The van der Waals surface area contributed by atoms with Crippen LogP contribution in [0.2, 0.25) is 0 Å². The number of hydrogen-bond donors (Lipinski definition) is 2. The molecule has 1 fully saturated rings. The molecule has 70 valence electrons. The highest BCUT2D eigenvalue weighted by molar-refractivity contribution is 5.80. The fourth-order valence-electron chi connectivity index (χ4n) is 1.24. The highest BCUT2D eigenvalue weighted by atomic mass is 19.3. The number of aliphatic hydroxyl groups excluding tert-OH is 1. The van der Waals surface area contributed by atoms with Crippen molar-refractivity contribution in [3.05, 3.63) is 0 Å². The molecule has 0 atom stereocenters. The van der Waals surface area contributed by atoms with Gasteiger partial charge in [-0.1, -0.05) is 0 Å². The van der Waals surface area contributed by atoms with Gasteiger partial charge in [-0.25, -0.2) is 0 Å². The predicted octanol–water partition coefficient (Wildman–Crippen LogP) is 0.283. The molecule has 0 aromatic heterocycles. The predicted molar refractivity (Wildman–Crippen MR) is 37.8 cm³/mol. The maximum Gasteiger partial charge on any atom is 0.315 e. The molecule has 1 amide bonds. The van der Waals surface area contributed by atoms with E-state index in [4.69, 9.17) is 5.11 Å². The molecule has 0 aromatic carbocycles. The van der Waals surface area contributed by atoms with Crippen LogP contribution in [0.25, 0.3) is 0 Å². The lowest BCUT2D eigenvalue weighted by Gasteiger charge is -2.40. The van der Waals surface area contributed by atoms with Gasteiger partial charge in [0, 0.05) is 0 Å². The first-order chi connectivity index (χ1) is 5.59. The van der Waals surface area contributed by atoms with Crippen LogP contribution in [0.1, 0.15) is 19.3 Å². The monoisotopic (exact) mass is 179 g/mol. The molecule has 0 aliphatic heterocycles. The average Bonchev–Trinajstić information content (AvgIpc) is 1.96. The van der Waals surface area contributed by atoms with Crippen molar-refractivity contribution >= 4 is 5.91 Å². The van der Waals surface area contributed by atoms with Crippen LogP contribution in [-0.4, -0.2) is 29.6 Å². The average molecular weight is 179 g/mol. The van der Waals surface area contributed by atoms with Crippen molar-refractivity contribution in [1.29, 1.82) is 0 Å². The van der Waals surface area contributed by atoms with Gasteiger partial charge in [-0.3, -0.25) is 4.79 Å². The molecule has 0 saturated heterocycles. The Kier molecular flexibility index (Phi) is 2.62. The molecule has 5 heteroatoms. The van der Waals surface area contributed by atoms with Crippen molar-refractivity contribution in [2.75, 3.05) is 6.61 Å². The van der Waals surface area contributed by atoms with Crippen molar-refractivity contribution in [2.45, 2.75) is 31.2 Å². The summed E-state index contributed by atoms with van der Waals surface area (Å²) in [7, 11) is 0. The first kappa shape index (κ1) is 9.38. The molecule has 0 heterocycles. The topological polar surface area (TPSA) is 49.3 Å². The molecule has 0 radical (unpaired) electrons. The molecule has 0 unspecified atom stereocenters. The van der Waals surface area contributed by atoms with Crippen LogP contribution in [0, 0.1) is 0 Å². The van der Waals surface area contributed by atoms with Gasteiger partial charge in [-0.15, -0.1) is 0 Å². The molecule has 12 heavy (non-hydrogen) atoms. The zero-order valence-electron chi connectivity index (χ0n) is 6.52. The molecular weight excluding hydrogens is 168 g/mol. The Morgan fingerprint density at radius 2 is 2.17 bits per heavy atom. The van der Waals surface area contributed by atoms with Gasteiger partial charge in [-0.05, 0) is 19.3 Å². The van der Waals surface area contributed by atoms with E-state index < -0.39 is 17.9 Å². The molecule has 1 saturated carbocycles. The first-order valence-corrected chi connectivity index (χ1v) is 3.81. The quantitative estimate of drug-likeness (QED) is 0.653. The standard InChI is InChI=1S/C7H11F2NO2/c8-5(9)6(12)10-7(4-11)2-1-3-7/h5,11H,1-4H2,(H,10,12). The Balaban J connectivity index is 2.43. The largest absolute Gasteiger partial charge is 0.394 e. The maximum atomic E-state index is 11.8. The van der Waals surface area contributed by atoms with Gasteiger partial charge >= 0.3 is 6.43 Å². The summed E-state index contributed by atoms with van der Waals surface area (Å²) in [6, 6.07) is 0. The molecule has 3 nitrogen and oxygen atoms in total. The van der Waals surface area contributed by atoms with E-state index in [1.54, 1.807) is 0 Å². The van der Waals surface area contributed by atoms with Crippen molar-refractivity contribution in [3.8, 4) is 0 Å². The molecule has 2 N–H and O–H groups in total. The number of alkyl halides is 2. The summed E-state index contributed by atoms with van der Waals surface area (Å²) in [5.41, 5.74) is -0.756. The van der Waals surface area contributed by atoms with Gasteiger partial charge in [0.2, 0.25) is 0 Å². The third-order valence-electron chi connectivity index (χ3n) is 2.20. The van der Waals surface area contributed by atoms with Gasteiger partial charge in [-0.2, -0.15) is 8.78 Å². The number of rotatable bonds is 3. The number of carbonyl (C=O) groups is 1. The van der Waals surface area contributed by atoms with E-state index in [1.165, 1.54) is 0 Å². The van der Waals surface area contributed by atoms with E-state index in [0.717, 1.165) is 6.42 Å². The summed E-state index contributed by atoms with van der Waals surface area (Å²) in [6.07, 6.45) is -0.956. The molecule has 0 spiro atoms. The number of nitrogens with one attached hydrogen (secondary N) is 1. The fourth-order valence-corrected chi connectivity index (χ4v) is 1.24. The van der Waals surface area contributed by atoms with E-state index in [9.17, 15) is 13.6 Å². The van der Waals surface area contributed by atoms with E-state index >= 15 is 0 Å². The molecule has 0 aromatic rings. The van der Waals surface area contributed by atoms with Crippen LogP contribution in [0.3, 0.4) is 0 Å². The SMILES string of the molecule is O=C(NC1(CO)CCC1)C(F)F. The number of halogens is 2. The summed E-state index contributed by atoms with van der Waals surface area (Å²) in [5, 5.41) is 10.9. The second-order valence-electron chi connectivity index (χ2n) is 3.08. The van der Waals surface area contributed by atoms with Crippen LogP contribution in [0.15, 0.2) is 0 Å². The Morgan fingerprint density at radius 1 is 1.58 bits per heavy atom. The lowest BCUT2D eigenvalue weighted by atomic mass is 9.77. The maximum absolute atomic E-state index is 11.8. The highest BCUT2D eigenvalue weighted by Crippen LogP contribution is 2.31. The Labute approximate surface area is 68.8 Å². The zero-order valence-corrected chi connectivity index (χ0v) is 6.52. The minimum Gasteiger partial charge on any atom is -0.394 e. The second kappa shape index (κ2) is 3.35. The fraction of sp³-hybridized carbons (Fsp3) is 0.857. The Morgan fingerprint density at radius 3 is 2.42 bits per heavy atom. The van der Waals surface area contributed by atoms with Crippen LogP contribution < -0.4 is 5.32 Å². The van der Waals surface area contributed by atoms with Gasteiger partial charge in [0.1, 0.15) is 0 Å². The van der Waals surface area contributed by atoms with Crippen LogP contribution in [0.5, 0.6) is 0 Å². The summed E-state index contributed by atoms with van der Waals surface area (Å²) in [6.45, 7) is -0.258. The van der Waals surface area contributed by atoms with Crippen LogP contribution >= 0.6 is 0 Å². The van der Waals surface area contributed by atoms with Crippen molar-refractivity contribution < 1.29 is 18.7 Å². The summed E-state index contributed by atoms with van der Waals surface area (Å²) < 4.78 is 23.5. The van der Waals surface area contributed by atoms with E-state index in [1.807, 2.05) is 0 Å². The number of carbonyl (C=O) groups excluding carboxylic acids is 1. The molecule has 1 rings (SSSR count). The molecule has 1 aliphatic carbocycles. The molecular formula is C7H11F2NO2. The molecule has 1 aliphatic rings. The minimum atomic E-state index is -2.99. The minimum absolute atomic E-state index is 0.258. The zero-order chi connectivity index (χ0) is 9.19. The second-order valence-corrected chi connectivity index (χ2v) is 3.08. The van der Waals surface area contributed by atoms with Crippen LogP contribution in [-0.2, 0) is 4.79 Å². The first-order valence-electron chi connectivity index (χ1n) is 3.81. The van der Waals surface area contributed by atoms with Crippen molar-refractivity contribution in [1.82, 2.24) is 5.32 Å². The lowest BCUT2D eigenvalue weighted by molar-refractivity contribution is -0.135. The van der Waals surface area contributed by atoms with E-state index in [0.29, 0.717) is 12.8 Å². The van der Waals surface area contributed by atoms with Gasteiger partial charge in [0.05, 0.1) is 12.1 Å². The summed E-state index contributed by atoms with van der Waals surface area (Å²) in [5.74, 6) is -1.29. The van der Waals surface area contributed by atoms with E-state index in [2.05, 4.69) is 5.32 Å². The summed E-state index contributed by atoms with van der Waals surface area (Å²) in [4.78, 5) is 10.5. The Hall–Kier alpha value is -0.710. The van der Waals surface area contributed by atoms with Crippen LogP contribution in [0.4, 0.5) is 8.78 Å². The normalized spacial score (nSPS) is 20.3. The van der Waals surface area contributed by atoms with Gasteiger partial charge < -0.3 is 10.4 Å². The van der Waals surface area contributed by atoms with E-state index in [-0.39, 0.29) is 6.61 Å². The number of hydrogen-bond acceptors (Lipinski definition) is 2. The van der Waals surface area contributed by atoms with Crippen molar-refractivity contribution in [3.63, 3.8) is 0 Å². The lowest BCUT2D eigenvalue weighted by Crippen LogP contribution is -2.57. The number of amides is 1.